The Labute approximate surface area is 183 Å². The van der Waals surface area contributed by atoms with Gasteiger partial charge in [-0.15, -0.1) is 10.2 Å². The van der Waals surface area contributed by atoms with Crippen molar-refractivity contribution < 1.29 is 9.59 Å². The second-order valence-electron chi connectivity index (χ2n) is 6.84. The molecule has 0 bridgehead atoms. The number of aromatic amines is 1. The van der Waals surface area contributed by atoms with Gasteiger partial charge in [-0.25, -0.2) is 0 Å². The Morgan fingerprint density at radius 3 is 2.42 bits per heavy atom. The highest BCUT2D eigenvalue weighted by Gasteiger charge is 2.14. The number of carbonyl (C=O) groups excluding carboxylic acids is 2. The van der Waals surface area contributed by atoms with Crippen molar-refractivity contribution in [1.29, 1.82) is 0 Å². The van der Waals surface area contributed by atoms with Crippen LogP contribution in [0.3, 0.4) is 0 Å². The highest BCUT2D eigenvalue weighted by atomic mass is 32.2. The molecule has 0 spiro atoms. The Hall–Kier alpha value is -3.46. The van der Waals surface area contributed by atoms with Gasteiger partial charge in [0.1, 0.15) is 0 Å². The van der Waals surface area contributed by atoms with Gasteiger partial charge in [-0.3, -0.25) is 19.4 Å². The average Bonchev–Trinajstić information content (AvgIpc) is 2.76. The Bertz CT molecular complexity index is 1180. The molecule has 9 heteroatoms. The van der Waals surface area contributed by atoms with Gasteiger partial charge in [0, 0.05) is 17.7 Å². The van der Waals surface area contributed by atoms with Gasteiger partial charge in [-0.1, -0.05) is 49.0 Å². The van der Waals surface area contributed by atoms with E-state index in [0.717, 1.165) is 28.6 Å². The summed E-state index contributed by atoms with van der Waals surface area (Å²) in [6.07, 6.45) is 0.316. The first kappa shape index (κ1) is 22.2. The molecule has 3 N–H and O–H groups in total. The van der Waals surface area contributed by atoms with Crippen LogP contribution in [0, 0.1) is 13.8 Å². The number of H-pyrrole nitrogens is 1. The molecule has 0 aliphatic rings. The Morgan fingerprint density at radius 2 is 1.68 bits per heavy atom. The van der Waals surface area contributed by atoms with E-state index in [4.69, 9.17) is 0 Å². The highest BCUT2D eigenvalue weighted by molar-refractivity contribution is 7.99. The largest absolute Gasteiger partial charge is 0.325 e. The van der Waals surface area contributed by atoms with Crippen LogP contribution in [0.5, 0.6) is 0 Å². The SMILES string of the molecule is CCC(=O)Nc1ccccc1-c1nnc(SCC(=O)Nc2cccc(C)c2C)[nH]c1=O. The molecule has 1 aromatic heterocycles. The summed E-state index contributed by atoms with van der Waals surface area (Å²) in [5.74, 6) is -0.308. The summed E-state index contributed by atoms with van der Waals surface area (Å²) in [7, 11) is 0. The van der Waals surface area contributed by atoms with Crippen molar-refractivity contribution in [3.8, 4) is 11.3 Å². The third-order valence-electron chi connectivity index (χ3n) is 4.67. The smallest absolute Gasteiger partial charge is 0.278 e. The van der Waals surface area contributed by atoms with Crippen LogP contribution in [0.2, 0.25) is 0 Å². The van der Waals surface area contributed by atoms with Gasteiger partial charge in [0.2, 0.25) is 11.8 Å². The van der Waals surface area contributed by atoms with Crippen LogP contribution in [0.4, 0.5) is 11.4 Å². The number of para-hydroxylation sites is 1. The molecule has 31 heavy (non-hydrogen) atoms. The van der Waals surface area contributed by atoms with Crippen molar-refractivity contribution in [2.75, 3.05) is 16.4 Å². The molecule has 8 nitrogen and oxygen atoms in total. The van der Waals surface area contributed by atoms with Crippen LogP contribution in [0.25, 0.3) is 11.3 Å². The van der Waals surface area contributed by atoms with E-state index >= 15 is 0 Å². The summed E-state index contributed by atoms with van der Waals surface area (Å²) in [6, 6.07) is 12.6. The second-order valence-corrected chi connectivity index (χ2v) is 7.80. The fraction of sp³-hybridized carbons (Fsp3) is 0.227. The maximum Gasteiger partial charge on any atom is 0.278 e. The van der Waals surface area contributed by atoms with E-state index in [1.807, 2.05) is 32.0 Å². The molecule has 2 aromatic carbocycles. The standard InChI is InChI=1S/C22H23N5O3S/c1-4-18(28)24-17-10-6-5-9-15(17)20-21(30)25-22(27-26-20)31-12-19(29)23-16-11-7-8-13(2)14(16)3/h5-11H,4,12H2,1-3H3,(H,23,29)(H,24,28)(H,25,27,30). The molecule has 2 amide bonds. The van der Waals surface area contributed by atoms with Crippen molar-refractivity contribution in [3.63, 3.8) is 0 Å². The second kappa shape index (κ2) is 10.0. The van der Waals surface area contributed by atoms with Crippen LogP contribution >= 0.6 is 11.8 Å². The van der Waals surface area contributed by atoms with Crippen molar-refractivity contribution in [2.45, 2.75) is 32.3 Å². The molecule has 0 fully saturated rings. The first-order valence-electron chi connectivity index (χ1n) is 9.74. The maximum absolute atomic E-state index is 12.6. The fourth-order valence-electron chi connectivity index (χ4n) is 2.81. The number of amides is 2. The van der Waals surface area contributed by atoms with Crippen molar-refractivity contribution >= 4 is 35.0 Å². The highest BCUT2D eigenvalue weighted by Crippen LogP contribution is 2.24. The summed E-state index contributed by atoms with van der Waals surface area (Å²) in [6.45, 7) is 5.67. The van der Waals surface area contributed by atoms with Gasteiger partial charge in [0.25, 0.3) is 5.56 Å². The van der Waals surface area contributed by atoms with Gasteiger partial charge in [0.05, 0.1) is 11.4 Å². The van der Waals surface area contributed by atoms with Gasteiger partial charge in [-0.05, 0) is 37.1 Å². The first-order chi connectivity index (χ1) is 14.9. The Balaban J connectivity index is 1.71. The summed E-state index contributed by atoms with van der Waals surface area (Å²) in [4.78, 5) is 39.3. The molecule has 0 atom stereocenters. The summed E-state index contributed by atoms with van der Waals surface area (Å²) < 4.78 is 0. The lowest BCUT2D eigenvalue weighted by atomic mass is 10.1. The quantitative estimate of drug-likeness (QED) is 0.487. The van der Waals surface area contributed by atoms with E-state index in [0.29, 0.717) is 17.7 Å². The number of aryl methyl sites for hydroxylation is 1. The van der Waals surface area contributed by atoms with Crippen LogP contribution < -0.4 is 16.2 Å². The molecule has 0 aliphatic heterocycles. The number of nitrogens with one attached hydrogen (secondary N) is 3. The molecule has 160 valence electrons. The number of hydrogen-bond donors (Lipinski definition) is 3. The number of rotatable bonds is 7. The van der Waals surface area contributed by atoms with Crippen molar-refractivity contribution in [3.05, 3.63) is 63.9 Å². The van der Waals surface area contributed by atoms with E-state index in [-0.39, 0.29) is 28.4 Å². The minimum absolute atomic E-state index is 0.0699. The van der Waals surface area contributed by atoms with Crippen LogP contribution in [0.15, 0.2) is 52.4 Å². The maximum atomic E-state index is 12.6. The van der Waals surface area contributed by atoms with Crippen LogP contribution in [-0.4, -0.2) is 32.7 Å². The number of nitrogens with zero attached hydrogens (tertiary/aromatic N) is 2. The van der Waals surface area contributed by atoms with Gasteiger partial charge >= 0.3 is 0 Å². The minimum Gasteiger partial charge on any atom is -0.325 e. The number of thioether (sulfide) groups is 1. The van der Waals surface area contributed by atoms with Gasteiger partial charge in [-0.2, -0.15) is 0 Å². The zero-order valence-corrected chi connectivity index (χ0v) is 18.3. The molecule has 3 aromatic rings. The molecule has 0 saturated carbocycles. The van der Waals surface area contributed by atoms with E-state index in [9.17, 15) is 14.4 Å². The molecule has 0 aliphatic carbocycles. The van der Waals surface area contributed by atoms with E-state index in [1.165, 1.54) is 0 Å². The molecule has 0 radical (unpaired) electrons. The lowest BCUT2D eigenvalue weighted by Gasteiger charge is -2.10. The number of hydrogen-bond acceptors (Lipinski definition) is 6. The lowest BCUT2D eigenvalue weighted by molar-refractivity contribution is -0.116. The van der Waals surface area contributed by atoms with Crippen molar-refractivity contribution in [2.24, 2.45) is 0 Å². The number of anilines is 2. The zero-order chi connectivity index (χ0) is 22.4. The van der Waals surface area contributed by atoms with E-state index < -0.39 is 5.56 Å². The monoisotopic (exact) mass is 437 g/mol. The molecular weight excluding hydrogens is 414 g/mol. The Morgan fingerprint density at radius 1 is 0.968 bits per heavy atom. The van der Waals surface area contributed by atoms with Crippen LogP contribution in [-0.2, 0) is 9.59 Å². The van der Waals surface area contributed by atoms with E-state index in [2.05, 4.69) is 25.8 Å². The number of aromatic nitrogens is 3. The summed E-state index contributed by atoms with van der Waals surface area (Å²) in [5, 5.41) is 13.9. The van der Waals surface area contributed by atoms with Gasteiger partial charge < -0.3 is 10.6 Å². The predicted octanol–water partition coefficient (Wildman–Crippen LogP) is 3.53. The lowest BCUT2D eigenvalue weighted by Crippen LogP contribution is -2.18. The topological polar surface area (TPSA) is 117 Å². The summed E-state index contributed by atoms with van der Waals surface area (Å²) in [5.41, 5.74) is 3.46. The predicted molar refractivity (Wildman–Crippen MR) is 122 cm³/mol. The average molecular weight is 438 g/mol. The third-order valence-corrected chi connectivity index (χ3v) is 5.54. The number of carbonyl (C=O) groups is 2. The minimum atomic E-state index is -0.453. The summed E-state index contributed by atoms with van der Waals surface area (Å²) >= 11 is 1.08. The Kier molecular flexibility index (Phi) is 7.19. The molecule has 3 rings (SSSR count). The van der Waals surface area contributed by atoms with Crippen molar-refractivity contribution in [1.82, 2.24) is 15.2 Å². The third kappa shape index (κ3) is 5.58. The van der Waals surface area contributed by atoms with E-state index in [1.54, 1.807) is 31.2 Å². The zero-order valence-electron chi connectivity index (χ0n) is 17.5. The fourth-order valence-corrected chi connectivity index (χ4v) is 3.41. The molecular formula is C22H23N5O3S. The first-order valence-corrected chi connectivity index (χ1v) is 10.7. The molecule has 1 heterocycles. The van der Waals surface area contributed by atoms with Gasteiger partial charge in [0.15, 0.2) is 10.9 Å². The molecule has 0 unspecified atom stereocenters. The van der Waals surface area contributed by atoms with Crippen LogP contribution in [0.1, 0.15) is 24.5 Å². The normalized spacial score (nSPS) is 10.5. The number of benzene rings is 2. The molecule has 0 saturated heterocycles.